The van der Waals surface area contributed by atoms with Gasteiger partial charge in [-0.15, -0.1) is 0 Å². The van der Waals surface area contributed by atoms with Crippen LogP contribution in [0.15, 0.2) is 42.5 Å². The molecular formula is C26H37N3O4S. The smallest absolute Gasteiger partial charge is 0.242 e. The predicted octanol–water partition coefficient (Wildman–Crippen LogP) is 3.71. The van der Waals surface area contributed by atoms with Gasteiger partial charge in [0.1, 0.15) is 6.04 Å². The molecule has 1 atom stereocenters. The molecule has 0 spiro atoms. The average Bonchev–Trinajstić information content (AvgIpc) is 2.75. The van der Waals surface area contributed by atoms with Crippen LogP contribution >= 0.6 is 0 Å². The second-order valence-corrected chi connectivity index (χ2v) is 10.7. The van der Waals surface area contributed by atoms with Crippen molar-refractivity contribution in [3.63, 3.8) is 0 Å². The highest BCUT2D eigenvalue weighted by atomic mass is 32.2. The molecule has 2 amide bonds. The van der Waals surface area contributed by atoms with Crippen molar-refractivity contribution in [1.29, 1.82) is 0 Å². The molecule has 186 valence electrons. The minimum Gasteiger partial charge on any atom is -0.357 e. The second-order valence-electron chi connectivity index (χ2n) is 8.77. The van der Waals surface area contributed by atoms with Gasteiger partial charge in [-0.05, 0) is 68.0 Å². The number of anilines is 1. The Kier molecular flexibility index (Phi) is 9.67. The number of hydrogen-bond donors (Lipinski definition) is 1. The number of rotatable bonds is 11. The lowest BCUT2D eigenvalue weighted by molar-refractivity contribution is -0.141. The fraction of sp³-hybridized carbons (Fsp3) is 0.462. The first-order valence-electron chi connectivity index (χ1n) is 11.6. The summed E-state index contributed by atoms with van der Waals surface area (Å²) >= 11 is 0. The van der Waals surface area contributed by atoms with Crippen LogP contribution in [-0.2, 0) is 26.2 Å². The van der Waals surface area contributed by atoms with Gasteiger partial charge in [0.05, 0.1) is 11.9 Å². The number of amides is 2. The molecule has 0 heterocycles. The van der Waals surface area contributed by atoms with Gasteiger partial charge in [-0.1, -0.05) is 37.3 Å². The fourth-order valence-corrected chi connectivity index (χ4v) is 5.10. The maximum atomic E-state index is 13.3. The predicted molar refractivity (Wildman–Crippen MR) is 137 cm³/mol. The second kappa shape index (κ2) is 12.0. The van der Waals surface area contributed by atoms with Crippen molar-refractivity contribution in [2.24, 2.45) is 0 Å². The maximum Gasteiger partial charge on any atom is 0.242 e. The molecule has 2 aromatic carbocycles. The lowest BCUT2D eigenvalue weighted by Gasteiger charge is -2.31. The van der Waals surface area contributed by atoms with Crippen LogP contribution in [0.25, 0.3) is 0 Å². The summed E-state index contributed by atoms with van der Waals surface area (Å²) in [5.74, 6) is -0.384. The molecule has 0 aromatic heterocycles. The molecule has 2 aromatic rings. The summed E-state index contributed by atoms with van der Waals surface area (Å²) < 4.78 is 26.4. The van der Waals surface area contributed by atoms with Gasteiger partial charge < -0.3 is 10.2 Å². The van der Waals surface area contributed by atoms with Crippen LogP contribution in [0.5, 0.6) is 0 Å². The fourth-order valence-electron chi connectivity index (χ4n) is 4.16. The van der Waals surface area contributed by atoms with Crippen LogP contribution in [0.1, 0.15) is 48.4 Å². The van der Waals surface area contributed by atoms with Crippen LogP contribution in [-0.4, -0.2) is 51.0 Å². The van der Waals surface area contributed by atoms with Crippen LogP contribution in [0, 0.1) is 20.8 Å². The van der Waals surface area contributed by atoms with Gasteiger partial charge in [0.25, 0.3) is 0 Å². The van der Waals surface area contributed by atoms with Crippen molar-refractivity contribution in [3.05, 3.63) is 64.7 Å². The van der Waals surface area contributed by atoms with Gasteiger partial charge >= 0.3 is 0 Å². The third-order valence-electron chi connectivity index (χ3n) is 5.88. The molecule has 0 saturated carbocycles. The first kappa shape index (κ1) is 27.4. The van der Waals surface area contributed by atoms with Crippen LogP contribution in [0.3, 0.4) is 0 Å². The molecule has 0 saturated heterocycles. The highest BCUT2D eigenvalue weighted by Gasteiger charge is 2.28. The number of benzene rings is 2. The van der Waals surface area contributed by atoms with Crippen molar-refractivity contribution in [3.8, 4) is 0 Å². The summed E-state index contributed by atoms with van der Waals surface area (Å²) in [6, 6.07) is 12.8. The zero-order chi connectivity index (χ0) is 25.5. The van der Waals surface area contributed by atoms with Gasteiger partial charge in [0, 0.05) is 26.6 Å². The Labute approximate surface area is 204 Å². The Bertz CT molecular complexity index is 1090. The molecular weight excluding hydrogens is 450 g/mol. The van der Waals surface area contributed by atoms with Gasteiger partial charge in [-0.2, -0.15) is 0 Å². The highest BCUT2D eigenvalue weighted by Crippen LogP contribution is 2.23. The van der Waals surface area contributed by atoms with E-state index in [-0.39, 0.29) is 24.8 Å². The highest BCUT2D eigenvalue weighted by molar-refractivity contribution is 7.92. The Hall–Kier alpha value is -2.87. The number of aryl methyl sites for hydroxylation is 3. The molecule has 34 heavy (non-hydrogen) atoms. The van der Waals surface area contributed by atoms with Crippen molar-refractivity contribution >= 4 is 27.5 Å². The quantitative estimate of drug-likeness (QED) is 0.523. The van der Waals surface area contributed by atoms with Gasteiger partial charge in [-0.3, -0.25) is 13.9 Å². The molecule has 0 aliphatic carbocycles. The van der Waals surface area contributed by atoms with Crippen LogP contribution < -0.4 is 9.62 Å². The lowest BCUT2D eigenvalue weighted by atomic mass is 10.1. The Balaban J connectivity index is 2.23. The standard InChI is InChI=1S/C26H37N3O4S/c1-7-24(26(31)27-5)28(18-22-12-9-8-11-21(22)4)25(30)13-10-14-29(34(6,32)33)23-16-19(2)15-20(3)17-23/h8-9,11-12,15-17,24H,7,10,13-14,18H2,1-6H3,(H,27,31)/t24-/m0/s1. The summed E-state index contributed by atoms with van der Waals surface area (Å²) in [6.07, 6.45) is 2.13. The monoisotopic (exact) mass is 487 g/mol. The first-order valence-corrected chi connectivity index (χ1v) is 13.4. The number of hydrogen-bond acceptors (Lipinski definition) is 4. The summed E-state index contributed by atoms with van der Waals surface area (Å²) in [5.41, 5.74) is 4.57. The lowest BCUT2D eigenvalue weighted by Crippen LogP contribution is -2.48. The van der Waals surface area contributed by atoms with E-state index < -0.39 is 16.1 Å². The SMILES string of the molecule is CC[C@@H](C(=O)NC)N(Cc1ccccc1C)C(=O)CCCN(c1cc(C)cc(C)c1)S(C)(=O)=O. The third-order valence-corrected chi connectivity index (χ3v) is 7.07. The third kappa shape index (κ3) is 7.32. The number of carbonyl (C=O) groups excluding carboxylic acids is 2. The van der Waals surface area contributed by atoms with E-state index in [1.807, 2.05) is 70.2 Å². The maximum absolute atomic E-state index is 13.3. The Morgan fingerprint density at radius 3 is 2.18 bits per heavy atom. The van der Waals surface area contributed by atoms with E-state index in [9.17, 15) is 18.0 Å². The molecule has 0 aliphatic rings. The van der Waals surface area contributed by atoms with Crippen LogP contribution in [0.4, 0.5) is 5.69 Å². The van der Waals surface area contributed by atoms with Crippen molar-refractivity contribution in [1.82, 2.24) is 10.2 Å². The van der Waals surface area contributed by atoms with Gasteiger partial charge in [0.2, 0.25) is 21.8 Å². The summed E-state index contributed by atoms with van der Waals surface area (Å²) in [5, 5.41) is 2.66. The summed E-state index contributed by atoms with van der Waals surface area (Å²) in [4.78, 5) is 27.5. The molecule has 0 aliphatic heterocycles. The summed E-state index contributed by atoms with van der Waals surface area (Å²) in [7, 11) is -1.95. The van der Waals surface area contributed by atoms with Crippen molar-refractivity contribution in [2.75, 3.05) is 24.2 Å². The van der Waals surface area contributed by atoms with Crippen LogP contribution in [0.2, 0.25) is 0 Å². The Morgan fingerprint density at radius 2 is 1.65 bits per heavy atom. The normalized spacial score (nSPS) is 12.2. The minimum absolute atomic E-state index is 0.135. The molecule has 7 nitrogen and oxygen atoms in total. The number of nitrogens with zero attached hydrogens (tertiary/aromatic N) is 2. The average molecular weight is 488 g/mol. The van der Waals surface area contributed by atoms with E-state index in [1.165, 1.54) is 10.6 Å². The number of likely N-dealkylation sites (N-methyl/N-ethyl adjacent to an activating group) is 1. The molecule has 8 heteroatoms. The van der Waals surface area contributed by atoms with E-state index in [0.29, 0.717) is 25.1 Å². The molecule has 1 N–H and O–H groups in total. The minimum atomic E-state index is -3.52. The Morgan fingerprint density at radius 1 is 1.03 bits per heavy atom. The first-order chi connectivity index (χ1) is 16.0. The van der Waals surface area contributed by atoms with Gasteiger partial charge in [-0.25, -0.2) is 8.42 Å². The zero-order valence-electron chi connectivity index (χ0n) is 21.1. The molecule has 2 rings (SSSR count). The molecule has 0 unspecified atom stereocenters. The van der Waals surface area contributed by atoms with Gasteiger partial charge in [0.15, 0.2) is 0 Å². The van der Waals surface area contributed by atoms with E-state index in [2.05, 4.69) is 5.32 Å². The van der Waals surface area contributed by atoms with E-state index in [1.54, 1.807) is 11.9 Å². The largest absolute Gasteiger partial charge is 0.357 e. The van der Waals surface area contributed by atoms with E-state index in [0.717, 1.165) is 22.3 Å². The van der Waals surface area contributed by atoms with Crippen molar-refractivity contribution < 1.29 is 18.0 Å². The number of carbonyl (C=O) groups is 2. The van der Waals surface area contributed by atoms with Crippen molar-refractivity contribution in [2.45, 2.75) is 59.5 Å². The van der Waals surface area contributed by atoms with E-state index >= 15 is 0 Å². The van der Waals surface area contributed by atoms with E-state index in [4.69, 9.17) is 0 Å². The summed E-state index contributed by atoms with van der Waals surface area (Å²) in [6.45, 7) is 8.21. The number of sulfonamides is 1. The topological polar surface area (TPSA) is 86.8 Å². The molecule has 0 radical (unpaired) electrons. The molecule has 0 bridgehead atoms. The number of nitrogens with one attached hydrogen (secondary N) is 1. The zero-order valence-corrected chi connectivity index (χ0v) is 21.9. The molecule has 0 fully saturated rings.